The van der Waals surface area contributed by atoms with Crippen LogP contribution < -0.4 is 0 Å². The smallest absolute Gasteiger partial charge is 0.235 e. The van der Waals surface area contributed by atoms with Crippen LogP contribution in [-0.4, -0.2) is 16.6 Å². The Balaban J connectivity index is 1.98. The highest BCUT2D eigenvalue weighted by atomic mass is 16.2. The molecule has 0 radical (unpaired) electrons. The minimum atomic E-state index is -0.533. The molecule has 0 spiro atoms. The third-order valence-corrected chi connectivity index (χ3v) is 3.09. The van der Waals surface area contributed by atoms with Crippen molar-refractivity contribution in [2.45, 2.75) is 0 Å². The van der Waals surface area contributed by atoms with Gasteiger partial charge in [0.25, 0.3) is 0 Å². The van der Waals surface area contributed by atoms with Gasteiger partial charge in [-0.3, -0.25) is 14.6 Å². The number of ketones is 2. The highest BCUT2D eigenvalue weighted by molar-refractivity contribution is 6.49. The lowest BCUT2D eigenvalue weighted by molar-refractivity contribution is 0.0817. The van der Waals surface area contributed by atoms with Gasteiger partial charge in [-0.25, -0.2) is 0 Å². The Labute approximate surface area is 115 Å². The summed E-state index contributed by atoms with van der Waals surface area (Å²) in [5, 5.41) is 0.846. The van der Waals surface area contributed by atoms with Crippen molar-refractivity contribution < 1.29 is 9.59 Å². The first-order valence-corrected chi connectivity index (χ1v) is 6.24. The molecule has 0 N–H and O–H groups in total. The number of hydrogen-bond acceptors (Lipinski definition) is 3. The van der Waals surface area contributed by atoms with Gasteiger partial charge < -0.3 is 0 Å². The molecule has 0 aliphatic carbocycles. The molecule has 3 heteroatoms. The van der Waals surface area contributed by atoms with E-state index >= 15 is 0 Å². The van der Waals surface area contributed by atoms with Gasteiger partial charge in [0.15, 0.2) is 0 Å². The Morgan fingerprint density at radius 1 is 0.750 bits per heavy atom. The second-order valence-electron chi connectivity index (χ2n) is 4.44. The quantitative estimate of drug-likeness (QED) is 0.537. The molecule has 3 rings (SSSR count). The summed E-state index contributed by atoms with van der Waals surface area (Å²) < 4.78 is 0. The fourth-order valence-corrected chi connectivity index (χ4v) is 2.05. The van der Waals surface area contributed by atoms with E-state index in [1.165, 1.54) is 6.20 Å². The van der Waals surface area contributed by atoms with E-state index in [0.29, 0.717) is 11.1 Å². The topological polar surface area (TPSA) is 47.0 Å². The molecule has 0 saturated heterocycles. The summed E-state index contributed by atoms with van der Waals surface area (Å²) >= 11 is 0. The Hall–Kier alpha value is -2.81. The Morgan fingerprint density at radius 3 is 2.20 bits per heavy atom. The Morgan fingerprint density at radius 2 is 1.40 bits per heavy atom. The second kappa shape index (κ2) is 5.05. The molecule has 0 aliphatic rings. The second-order valence-corrected chi connectivity index (χ2v) is 4.44. The lowest BCUT2D eigenvalue weighted by atomic mass is 10.0. The average molecular weight is 261 g/mol. The van der Waals surface area contributed by atoms with Crippen LogP contribution in [0.1, 0.15) is 20.7 Å². The van der Waals surface area contributed by atoms with E-state index in [1.807, 2.05) is 24.3 Å². The molecule has 2 aromatic carbocycles. The van der Waals surface area contributed by atoms with E-state index in [9.17, 15) is 9.59 Å². The molecule has 0 fully saturated rings. The van der Waals surface area contributed by atoms with E-state index < -0.39 is 11.6 Å². The molecule has 20 heavy (non-hydrogen) atoms. The van der Waals surface area contributed by atoms with E-state index in [-0.39, 0.29) is 0 Å². The molecule has 0 atom stereocenters. The summed E-state index contributed by atoms with van der Waals surface area (Å²) in [5.41, 5.74) is 1.51. The van der Waals surface area contributed by atoms with Crippen LogP contribution in [0.15, 0.2) is 66.9 Å². The van der Waals surface area contributed by atoms with Crippen LogP contribution in [0.25, 0.3) is 10.9 Å². The number of Topliss-reactive ketones (excluding diaryl/α,β-unsaturated/α-hetero) is 2. The predicted molar refractivity (Wildman–Crippen MR) is 76.8 cm³/mol. The zero-order valence-corrected chi connectivity index (χ0v) is 10.6. The van der Waals surface area contributed by atoms with Crippen LogP contribution in [0.2, 0.25) is 0 Å². The molecule has 0 saturated carbocycles. The number of aromatic nitrogens is 1. The van der Waals surface area contributed by atoms with Gasteiger partial charge >= 0.3 is 0 Å². The Bertz CT molecular complexity index is 794. The Kier molecular flexibility index (Phi) is 3.09. The van der Waals surface area contributed by atoms with Crippen LogP contribution in [0.5, 0.6) is 0 Å². The summed E-state index contributed by atoms with van der Waals surface area (Å²) in [6.07, 6.45) is 1.45. The van der Waals surface area contributed by atoms with Crippen LogP contribution >= 0.6 is 0 Å². The molecule has 0 amide bonds. The van der Waals surface area contributed by atoms with Gasteiger partial charge in [-0.05, 0) is 12.1 Å². The first-order chi connectivity index (χ1) is 9.75. The maximum Gasteiger partial charge on any atom is 0.235 e. The predicted octanol–water partition coefficient (Wildman–Crippen LogP) is 3.30. The molecule has 3 nitrogen and oxygen atoms in total. The molecular formula is C17H11NO2. The molecule has 0 unspecified atom stereocenters. The van der Waals surface area contributed by atoms with Crippen molar-refractivity contribution in [3.63, 3.8) is 0 Å². The molecular weight excluding hydrogens is 250 g/mol. The van der Waals surface area contributed by atoms with Crippen LogP contribution in [0.4, 0.5) is 0 Å². The third kappa shape index (κ3) is 2.21. The lowest BCUT2D eigenvalue weighted by Crippen LogP contribution is -2.14. The minimum absolute atomic E-state index is 0.317. The first-order valence-electron chi connectivity index (χ1n) is 6.24. The molecule has 0 bridgehead atoms. The normalized spacial score (nSPS) is 10.4. The summed E-state index contributed by atoms with van der Waals surface area (Å²) in [6.45, 7) is 0. The van der Waals surface area contributed by atoms with E-state index in [4.69, 9.17) is 0 Å². The maximum atomic E-state index is 12.2. The lowest BCUT2D eigenvalue weighted by Gasteiger charge is -2.02. The average Bonchev–Trinajstić information content (AvgIpc) is 2.54. The van der Waals surface area contributed by atoms with Crippen molar-refractivity contribution in [2.24, 2.45) is 0 Å². The number of carbonyl (C=O) groups is 2. The highest BCUT2D eigenvalue weighted by Crippen LogP contribution is 2.14. The molecule has 1 heterocycles. The van der Waals surface area contributed by atoms with E-state index in [1.54, 1.807) is 36.4 Å². The molecule has 96 valence electrons. The summed E-state index contributed by atoms with van der Waals surface area (Å²) in [7, 11) is 0. The summed E-state index contributed by atoms with van der Waals surface area (Å²) in [6, 6.07) is 17.7. The van der Waals surface area contributed by atoms with Gasteiger partial charge in [0, 0.05) is 22.7 Å². The number of rotatable bonds is 3. The van der Waals surface area contributed by atoms with Gasteiger partial charge in [-0.1, -0.05) is 48.5 Å². The van der Waals surface area contributed by atoms with E-state index in [2.05, 4.69) is 4.98 Å². The van der Waals surface area contributed by atoms with Crippen molar-refractivity contribution in [3.05, 3.63) is 78.0 Å². The number of nitrogens with zero attached hydrogens (tertiary/aromatic N) is 1. The van der Waals surface area contributed by atoms with Gasteiger partial charge in [0.2, 0.25) is 11.6 Å². The maximum absolute atomic E-state index is 12.2. The standard InChI is InChI=1S/C17H11NO2/c19-16(12-6-2-1-3-7-12)17(20)14-10-13-8-4-5-9-15(13)18-11-14/h1-11H. The molecule has 1 aromatic heterocycles. The van der Waals surface area contributed by atoms with Crippen LogP contribution in [0, 0.1) is 0 Å². The van der Waals surface area contributed by atoms with Crippen molar-refractivity contribution in [3.8, 4) is 0 Å². The summed E-state index contributed by atoms with van der Waals surface area (Å²) in [4.78, 5) is 28.5. The van der Waals surface area contributed by atoms with Crippen molar-refractivity contribution in [2.75, 3.05) is 0 Å². The molecule has 3 aromatic rings. The van der Waals surface area contributed by atoms with Crippen molar-refractivity contribution >= 4 is 22.5 Å². The zero-order chi connectivity index (χ0) is 13.9. The molecule has 0 aliphatic heterocycles. The number of pyridine rings is 1. The SMILES string of the molecule is O=C(C(=O)c1cnc2ccccc2c1)c1ccccc1. The fraction of sp³-hybridized carbons (Fsp3) is 0. The summed E-state index contributed by atoms with van der Waals surface area (Å²) in [5.74, 6) is -1.04. The third-order valence-electron chi connectivity index (χ3n) is 3.09. The van der Waals surface area contributed by atoms with Gasteiger partial charge in [0.05, 0.1) is 5.52 Å². The van der Waals surface area contributed by atoms with Crippen molar-refractivity contribution in [1.29, 1.82) is 0 Å². The number of para-hydroxylation sites is 1. The van der Waals surface area contributed by atoms with Gasteiger partial charge in [0.1, 0.15) is 0 Å². The number of carbonyl (C=O) groups excluding carboxylic acids is 2. The minimum Gasteiger partial charge on any atom is -0.285 e. The fourth-order valence-electron chi connectivity index (χ4n) is 2.05. The number of hydrogen-bond donors (Lipinski definition) is 0. The van der Waals surface area contributed by atoms with Crippen LogP contribution in [-0.2, 0) is 0 Å². The monoisotopic (exact) mass is 261 g/mol. The zero-order valence-electron chi connectivity index (χ0n) is 10.6. The first kappa shape index (κ1) is 12.2. The highest BCUT2D eigenvalue weighted by Gasteiger charge is 2.18. The number of benzene rings is 2. The largest absolute Gasteiger partial charge is 0.285 e. The van der Waals surface area contributed by atoms with Crippen molar-refractivity contribution in [1.82, 2.24) is 4.98 Å². The van der Waals surface area contributed by atoms with Gasteiger partial charge in [-0.15, -0.1) is 0 Å². The number of fused-ring (bicyclic) bond motifs is 1. The van der Waals surface area contributed by atoms with E-state index in [0.717, 1.165) is 10.9 Å². The van der Waals surface area contributed by atoms with Crippen LogP contribution in [0.3, 0.4) is 0 Å². The van der Waals surface area contributed by atoms with Gasteiger partial charge in [-0.2, -0.15) is 0 Å².